The lowest BCUT2D eigenvalue weighted by Crippen LogP contribution is -2.16. The van der Waals surface area contributed by atoms with Crippen LogP contribution in [0.1, 0.15) is 10.4 Å². The van der Waals surface area contributed by atoms with Crippen molar-refractivity contribution < 1.29 is 31.5 Å². The minimum absolute atomic E-state index is 0.0254. The zero-order chi connectivity index (χ0) is 23.3. The molecule has 3 rings (SSSR count). The van der Waals surface area contributed by atoms with Gasteiger partial charge in [-0.3, -0.25) is 9.52 Å². The summed E-state index contributed by atoms with van der Waals surface area (Å²) in [5.41, 5.74) is 0.604. The zero-order valence-electron chi connectivity index (χ0n) is 16.5. The van der Waals surface area contributed by atoms with Crippen LogP contribution >= 0.6 is 11.6 Å². The number of hydrogen-bond acceptors (Lipinski definition) is 5. The largest absolute Gasteiger partial charge is 0.497 e. The third kappa shape index (κ3) is 5.86. The van der Waals surface area contributed by atoms with Crippen molar-refractivity contribution in [2.24, 2.45) is 0 Å². The standard InChI is InChI=1S/C21H17ClF2N2O5S/c1-30-16-7-5-15(6-8-16)26-32(28,29)19-12-13(2-11-18(19)22)20(27)25-14-3-9-17(10-4-14)31-21(23)24/h2-12,21,26H,1H3,(H,25,27). The summed E-state index contributed by atoms with van der Waals surface area (Å²) < 4.78 is 61.7. The number of rotatable bonds is 8. The predicted molar refractivity (Wildman–Crippen MR) is 116 cm³/mol. The van der Waals surface area contributed by atoms with Crippen molar-refractivity contribution >= 4 is 38.9 Å². The molecule has 0 spiro atoms. The van der Waals surface area contributed by atoms with Crippen molar-refractivity contribution in [1.82, 2.24) is 0 Å². The van der Waals surface area contributed by atoms with Crippen molar-refractivity contribution in [2.45, 2.75) is 11.5 Å². The first-order valence-corrected chi connectivity index (χ1v) is 10.9. The van der Waals surface area contributed by atoms with E-state index < -0.39 is 22.5 Å². The van der Waals surface area contributed by atoms with Crippen molar-refractivity contribution in [3.05, 3.63) is 77.3 Å². The van der Waals surface area contributed by atoms with Crippen LogP contribution in [0.2, 0.25) is 5.02 Å². The lowest BCUT2D eigenvalue weighted by Gasteiger charge is -2.12. The molecule has 0 radical (unpaired) electrons. The Morgan fingerprint density at radius 3 is 2.12 bits per heavy atom. The maximum atomic E-state index is 12.8. The zero-order valence-corrected chi connectivity index (χ0v) is 18.1. The summed E-state index contributed by atoms with van der Waals surface area (Å²) in [4.78, 5) is 12.3. The number of ether oxygens (including phenoxy) is 2. The first-order chi connectivity index (χ1) is 15.2. The van der Waals surface area contributed by atoms with E-state index in [1.165, 1.54) is 55.6 Å². The van der Waals surface area contributed by atoms with Gasteiger partial charge in [-0.15, -0.1) is 0 Å². The second kappa shape index (κ2) is 9.84. The van der Waals surface area contributed by atoms with Gasteiger partial charge in [0, 0.05) is 16.9 Å². The van der Waals surface area contributed by atoms with Crippen LogP contribution in [-0.2, 0) is 10.0 Å². The summed E-state index contributed by atoms with van der Waals surface area (Å²) in [6.07, 6.45) is 0. The van der Waals surface area contributed by atoms with E-state index in [-0.39, 0.29) is 26.9 Å². The van der Waals surface area contributed by atoms with Gasteiger partial charge in [0.2, 0.25) is 0 Å². The smallest absolute Gasteiger partial charge is 0.387 e. The summed E-state index contributed by atoms with van der Waals surface area (Å²) in [7, 11) is -2.61. The number of anilines is 2. The molecule has 168 valence electrons. The minimum Gasteiger partial charge on any atom is -0.497 e. The molecule has 2 N–H and O–H groups in total. The minimum atomic E-state index is -4.10. The molecule has 0 heterocycles. The van der Waals surface area contributed by atoms with Gasteiger partial charge in [0.1, 0.15) is 16.4 Å². The van der Waals surface area contributed by atoms with E-state index >= 15 is 0 Å². The summed E-state index contributed by atoms with van der Waals surface area (Å²) in [6, 6.07) is 15.3. The van der Waals surface area contributed by atoms with E-state index in [2.05, 4.69) is 14.8 Å². The van der Waals surface area contributed by atoms with Gasteiger partial charge in [-0.2, -0.15) is 8.78 Å². The molecule has 0 saturated carbocycles. The molecular formula is C21H17ClF2N2O5S. The van der Waals surface area contributed by atoms with Gasteiger partial charge < -0.3 is 14.8 Å². The van der Waals surface area contributed by atoms with Crippen molar-refractivity contribution in [1.29, 1.82) is 0 Å². The molecule has 0 atom stereocenters. The van der Waals surface area contributed by atoms with Crippen molar-refractivity contribution in [2.75, 3.05) is 17.1 Å². The van der Waals surface area contributed by atoms with Gasteiger partial charge in [-0.05, 0) is 66.7 Å². The van der Waals surface area contributed by atoms with Gasteiger partial charge in [-0.25, -0.2) is 8.42 Å². The first kappa shape index (κ1) is 23.3. The van der Waals surface area contributed by atoms with E-state index in [9.17, 15) is 22.0 Å². The summed E-state index contributed by atoms with van der Waals surface area (Å²) in [6.45, 7) is -2.96. The van der Waals surface area contributed by atoms with Gasteiger partial charge >= 0.3 is 6.61 Å². The highest BCUT2D eigenvalue weighted by Crippen LogP contribution is 2.26. The highest BCUT2D eigenvalue weighted by molar-refractivity contribution is 7.92. The number of benzene rings is 3. The highest BCUT2D eigenvalue weighted by atomic mass is 35.5. The van der Waals surface area contributed by atoms with E-state index in [1.807, 2.05) is 0 Å². The molecule has 3 aromatic rings. The normalized spacial score (nSPS) is 11.2. The molecular weight excluding hydrogens is 466 g/mol. The van der Waals surface area contributed by atoms with Crippen molar-refractivity contribution in [3.8, 4) is 11.5 Å². The number of halogens is 3. The van der Waals surface area contributed by atoms with E-state index in [0.717, 1.165) is 6.07 Å². The van der Waals surface area contributed by atoms with Crippen LogP contribution in [0.3, 0.4) is 0 Å². The molecule has 0 fully saturated rings. The van der Waals surface area contributed by atoms with Gasteiger partial charge in [-0.1, -0.05) is 11.6 Å². The van der Waals surface area contributed by atoms with Crippen LogP contribution in [0.4, 0.5) is 20.2 Å². The Kier molecular flexibility index (Phi) is 7.16. The number of nitrogens with one attached hydrogen (secondary N) is 2. The Bertz CT molecular complexity index is 1200. The molecule has 0 aliphatic carbocycles. The van der Waals surface area contributed by atoms with Crippen LogP contribution in [0, 0.1) is 0 Å². The molecule has 0 aliphatic rings. The lowest BCUT2D eigenvalue weighted by molar-refractivity contribution is -0.0498. The Balaban J connectivity index is 1.78. The van der Waals surface area contributed by atoms with E-state index in [0.29, 0.717) is 11.4 Å². The van der Waals surface area contributed by atoms with Crippen LogP contribution in [0.25, 0.3) is 0 Å². The van der Waals surface area contributed by atoms with Gasteiger partial charge in [0.05, 0.1) is 12.1 Å². The topological polar surface area (TPSA) is 93.7 Å². The fourth-order valence-corrected chi connectivity index (χ4v) is 4.23. The third-order valence-corrected chi connectivity index (χ3v) is 6.03. The number of sulfonamides is 1. The molecule has 0 bridgehead atoms. The van der Waals surface area contributed by atoms with E-state index in [1.54, 1.807) is 12.1 Å². The number of carbonyl (C=O) groups is 1. The maximum absolute atomic E-state index is 12.8. The third-order valence-electron chi connectivity index (χ3n) is 4.16. The van der Waals surface area contributed by atoms with Gasteiger partial charge in [0.25, 0.3) is 15.9 Å². The van der Waals surface area contributed by atoms with Crippen LogP contribution < -0.4 is 19.5 Å². The molecule has 32 heavy (non-hydrogen) atoms. The van der Waals surface area contributed by atoms with Gasteiger partial charge in [0.15, 0.2) is 0 Å². The van der Waals surface area contributed by atoms with Crippen LogP contribution in [0.5, 0.6) is 11.5 Å². The monoisotopic (exact) mass is 482 g/mol. The number of hydrogen-bond donors (Lipinski definition) is 2. The molecule has 11 heteroatoms. The molecule has 0 aliphatic heterocycles. The maximum Gasteiger partial charge on any atom is 0.387 e. The molecule has 3 aromatic carbocycles. The summed E-state index contributed by atoms with van der Waals surface area (Å²) in [5, 5.41) is 2.47. The molecule has 7 nitrogen and oxygen atoms in total. The SMILES string of the molecule is COc1ccc(NS(=O)(=O)c2cc(C(=O)Nc3ccc(OC(F)F)cc3)ccc2Cl)cc1. The Labute approximate surface area is 188 Å². The second-order valence-electron chi connectivity index (χ2n) is 6.34. The average Bonchev–Trinajstić information content (AvgIpc) is 2.75. The highest BCUT2D eigenvalue weighted by Gasteiger charge is 2.21. The molecule has 0 aromatic heterocycles. The number of methoxy groups -OCH3 is 1. The average molecular weight is 483 g/mol. The molecule has 1 amide bonds. The Morgan fingerprint density at radius 2 is 1.53 bits per heavy atom. The number of amides is 1. The first-order valence-electron chi connectivity index (χ1n) is 9.00. The Morgan fingerprint density at radius 1 is 0.938 bits per heavy atom. The molecule has 0 unspecified atom stereocenters. The fourth-order valence-electron chi connectivity index (χ4n) is 2.64. The summed E-state index contributed by atoms with van der Waals surface area (Å²) in [5.74, 6) is -0.133. The summed E-state index contributed by atoms with van der Waals surface area (Å²) >= 11 is 6.07. The predicted octanol–water partition coefficient (Wildman–Crippen LogP) is 5.00. The van der Waals surface area contributed by atoms with Crippen LogP contribution in [0.15, 0.2) is 71.6 Å². The number of carbonyl (C=O) groups excluding carboxylic acids is 1. The lowest BCUT2D eigenvalue weighted by atomic mass is 10.2. The quantitative estimate of drug-likeness (QED) is 0.471. The Hall–Kier alpha value is -3.37. The van der Waals surface area contributed by atoms with Crippen LogP contribution in [-0.4, -0.2) is 28.0 Å². The fraction of sp³-hybridized carbons (Fsp3) is 0.0952. The second-order valence-corrected chi connectivity index (χ2v) is 8.39. The molecule has 0 saturated heterocycles. The number of alkyl halides is 2. The van der Waals surface area contributed by atoms with E-state index in [4.69, 9.17) is 16.3 Å². The van der Waals surface area contributed by atoms with Crippen molar-refractivity contribution in [3.63, 3.8) is 0 Å².